The topological polar surface area (TPSA) is 89.3 Å². The van der Waals surface area contributed by atoms with E-state index in [0.29, 0.717) is 12.1 Å². The van der Waals surface area contributed by atoms with Crippen LogP contribution in [0.25, 0.3) is 0 Å². The van der Waals surface area contributed by atoms with Crippen LogP contribution in [0.1, 0.15) is 22.7 Å². The maximum atomic E-state index is 11.6. The highest BCUT2D eigenvalue weighted by Gasteiger charge is 2.29. The Morgan fingerprint density at radius 1 is 1.62 bits per heavy atom. The zero-order valence-electron chi connectivity index (χ0n) is 8.76. The third-order valence-electron chi connectivity index (χ3n) is 2.42. The van der Waals surface area contributed by atoms with Crippen LogP contribution in [0, 0.1) is 6.92 Å². The second kappa shape index (κ2) is 3.89. The fraction of sp³-hybridized carbons (Fsp3) is 0.556. The first-order valence-electron chi connectivity index (χ1n) is 4.91. The van der Waals surface area contributed by atoms with Crippen LogP contribution in [0.4, 0.5) is 0 Å². The molecule has 7 heteroatoms. The van der Waals surface area contributed by atoms with E-state index in [9.17, 15) is 13.2 Å². The molecule has 16 heavy (non-hydrogen) atoms. The van der Waals surface area contributed by atoms with E-state index in [1.807, 2.05) is 0 Å². The third-order valence-corrected chi connectivity index (χ3v) is 4.19. The fourth-order valence-electron chi connectivity index (χ4n) is 1.64. The van der Waals surface area contributed by atoms with Crippen molar-refractivity contribution >= 4 is 15.7 Å². The number of carbonyl (C=O) groups excluding carboxylic acids is 1. The van der Waals surface area contributed by atoms with Crippen LogP contribution in [-0.2, 0) is 9.84 Å². The molecule has 1 N–H and O–H groups in total. The van der Waals surface area contributed by atoms with E-state index >= 15 is 0 Å². The van der Waals surface area contributed by atoms with Gasteiger partial charge in [-0.2, -0.15) is 0 Å². The standard InChI is InChI=1S/C9H12N2O4S/c1-6-4-8(15-11-6)9(12)10-7-2-3-16(13,14)5-7/h4,7H,2-3,5H2,1H3,(H,10,12). The summed E-state index contributed by atoms with van der Waals surface area (Å²) in [6, 6.07) is 1.20. The molecule has 1 aromatic heterocycles. The Morgan fingerprint density at radius 3 is 2.88 bits per heavy atom. The molecule has 6 nitrogen and oxygen atoms in total. The van der Waals surface area contributed by atoms with E-state index < -0.39 is 15.7 Å². The van der Waals surface area contributed by atoms with Gasteiger partial charge in [-0.05, 0) is 13.3 Å². The number of amides is 1. The maximum Gasteiger partial charge on any atom is 0.290 e. The molecule has 2 rings (SSSR count). The van der Waals surface area contributed by atoms with E-state index in [0.717, 1.165) is 0 Å². The second-order valence-electron chi connectivity index (χ2n) is 3.91. The van der Waals surface area contributed by atoms with E-state index in [4.69, 9.17) is 4.52 Å². The first kappa shape index (κ1) is 11.1. The summed E-state index contributed by atoms with van der Waals surface area (Å²) in [4.78, 5) is 11.6. The van der Waals surface area contributed by atoms with E-state index in [2.05, 4.69) is 10.5 Å². The average Bonchev–Trinajstić information content (AvgIpc) is 2.73. The van der Waals surface area contributed by atoms with Gasteiger partial charge in [0, 0.05) is 12.1 Å². The fourth-order valence-corrected chi connectivity index (χ4v) is 3.31. The van der Waals surface area contributed by atoms with Crippen LogP contribution in [0.3, 0.4) is 0 Å². The van der Waals surface area contributed by atoms with Crippen molar-refractivity contribution in [2.75, 3.05) is 11.5 Å². The minimum absolute atomic E-state index is 0.00581. The maximum absolute atomic E-state index is 11.6. The van der Waals surface area contributed by atoms with Gasteiger partial charge in [0.05, 0.1) is 17.2 Å². The first-order chi connectivity index (χ1) is 7.46. The lowest BCUT2D eigenvalue weighted by atomic mass is 10.2. The summed E-state index contributed by atoms with van der Waals surface area (Å²) in [5, 5.41) is 6.20. The highest BCUT2D eigenvalue weighted by Crippen LogP contribution is 2.12. The Hall–Kier alpha value is -1.37. The van der Waals surface area contributed by atoms with Gasteiger partial charge in [-0.15, -0.1) is 0 Å². The SMILES string of the molecule is Cc1cc(C(=O)NC2CCS(=O)(=O)C2)on1. The molecular weight excluding hydrogens is 232 g/mol. The number of aryl methyl sites for hydroxylation is 1. The van der Waals surface area contributed by atoms with E-state index in [1.165, 1.54) is 6.07 Å². The van der Waals surface area contributed by atoms with Crippen LogP contribution in [0.2, 0.25) is 0 Å². The minimum Gasteiger partial charge on any atom is -0.351 e. The van der Waals surface area contributed by atoms with E-state index in [-0.39, 0.29) is 23.3 Å². The number of aromatic nitrogens is 1. The van der Waals surface area contributed by atoms with Gasteiger partial charge in [0.2, 0.25) is 5.76 Å². The lowest BCUT2D eigenvalue weighted by Crippen LogP contribution is -2.35. The number of nitrogens with one attached hydrogen (secondary N) is 1. The summed E-state index contributed by atoms with van der Waals surface area (Å²) in [5.74, 6) is -0.163. The Balaban J connectivity index is 1.99. The van der Waals surface area contributed by atoms with Crippen LogP contribution in [-0.4, -0.2) is 37.0 Å². The van der Waals surface area contributed by atoms with Crippen molar-refractivity contribution in [3.05, 3.63) is 17.5 Å². The van der Waals surface area contributed by atoms with Crippen molar-refractivity contribution in [1.82, 2.24) is 10.5 Å². The van der Waals surface area contributed by atoms with Gasteiger partial charge in [0.1, 0.15) is 0 Å². The van der Waals surface area contributed by atoms with Crippen molar-refractivity contribution in [3.63, 3.8) is 0 Å². The molecule has 1 atom stereocenters. The minimum atomic E-state index is -2.98. The Bertz CT molecular complexity index is 505. The van der Waals surface area contributed by atoms with Crippen molar-refractivity contribution in [3.8, 4) is 0 Å². The zero-order valence-corrected chi connectivity index (χ0v) is 9.58. The van der Waals surface area contributed by atoms with Gasteiger partial charge >= 0.3 is 0 Å². The molecule has 1 aliphatic rings. The highest BCUT2D eigenvalue weighted by molar-refractivity contribution is 7.91. The van der Waals surface area contributed by atoms with Crippen LogP contribution in [0.15, 0.2) is 10.6 Å². The van der Waals surface area contributed by atoms with Gasteiger partial charge in [-0.1, -0.05) is 5.16 Å². The molecule has 1 aromatic rings. The monoisotopic (exact) mass is 244 g/mol. The Labute approximate surface area is 92.9 Å². The predicted octanol–water partition coefficient (Wildman–Crippen LogP) is -0.100. The molecule has 0 bridgehead atoms. The lowest BCUT2D eigenvalue weighted by molar-refractivity contribution is 0.0904. The molecule has 0 radical (unpaired) electrons. The normalized spacial score (nSPS) is 23.2. The van der Waals surface area contributed by atoms with Crippen molar-refractivity contribution in [2.45, 2.75) is 19.4 Å². The Kier molecular flexibility index (Phi) is 2.71. The summed E-state index contributed by atoms with van der Waals surface area (Å²) in [7, 11) is -2.98. The van der Waals surface area contributed by atoms with Gasteiger partial charge < -0.3 is 9.84 Å². The summed E-state index contributed by atoms with van der Waals surface area (Å²) < 4.78 is 27.1. The molecular formula is C9H12N2O4S. The number of nitrogens with zero attached hydrogens (tertiary/aromatic N) is 1. The molecule has 88 valence electrons. The molecule has 1 saturated heterocycles. The number of hydrogen-bond acceptors (Lipinski definition) is 5. The molecule has 1 aliphatic heterocycles. The summed E-state index contributed by atoms with van der Waals surface area (Å²) in [6.45, 7) is 1.71. The van der Waals surface area contributed by atoms with E-state index in [1.54, 1.807) is 6.92 Å². The largest absolute Gasteiger partial charge is 0.351 e. The quantitative estimate of drug-likeness (QED) is 0.784. The molecule has 0 aromatic carbocycles. The zero-order chi connectivity index (χ0) is 11.8. The molecule has 0 spiro atoms. The summed E-state index contributed by atoms with van der Waals surface area (Å²) in [5.41, 5.74) is 0.615. The molecule has 0 saturated carbocycles. The number of carbonyl (C=O) groups is 1. The lowest BCUT2D eigenvalue weighted by Gasteiger charge is -2.07. The molecule has 0 aliphatic carbocycles. The van der Waals surface area contributed by atoms with Crippen LogP contribution >= 0.6 is 0 Å². The molecule has 1 fully saturated rings. The first-order valence-corrected chi connectivity index (χ1v) is 6.73. The van der Waals surface area contributed by atoms with Crippen molar-refractivity contribution in [2.24, 2.45) is 0 Å². The van der Waals surface area contributed by atoms with Crippen LogP contribution < -0.4 is 5.32 Å². The average molecular weight is 244 g/mol. The van der Waals surface area contributed by atoms with Gasteiger partial charge in [-0.25, -0.2) is 8.42 Å². The smallest absolute Gasteiger partial charge is 0.290 e. The van der Waals surface area contributed by atoms with Crippen LogP contribution in [0.5, 0.6) is 0 Å². The van der Waals surface area contributed by atoms with Crippen molar-refractivity contribution in [1.29, 1.82) is 0 Å². The number of rotatable bonds is 2. The summed E-state index contributed by atoms with van der Waals surface area (Å²) >= 11 is 0. The van der Waals surface area contributed by atoms with Crippen molar-refractivity contribution < 1.29 is 17.7 Å². The van der Waals surface area contributed by atoms with Gasteiger partial charge in [0.25, 0.3) is 5.91 Å². The molecule has 1 unspecified atom stereocenters. The second-order valence-corrected chi connectivity index (χ2v) is 6.13. The molecule has 1 amide bonds. The van der Waals surface area contributed by atoms with Gasteiger partial charge in [-0.3, -0.25) is 4.79 Å². The Morgan fingerprint density at radius 2 is 2.38 bits per heavy atom. The molecule has 2 heterocycles. The predicted molar refractivity (Wildman–Crippen MR) is 55.8 cm³/mol. The highest BCUT2D eigenvalue weighted by atomic mass is 32.2. The van der Waals surface area contributed by atoms with Gasteiger partial charge in [0.15, 0.2) is 9.84 Å². The number of hydrogen-bond donors (Lipinski definition) is 1. The third kappa shape index (κ3) is 2.41. The summed E-state index contributed by atoms with van der Waals surface area (Å²) in [6.07, 6.45) is 0.460. The number of sulfone groups is 1.